The highest BCUT2D eigenvalue weighted by molar-refractivity contribution is 5.94. The van der Waals surface area contributed by atoms with E-state index in [9.17, 15) is 9.59 Å². The maximum Gasteiger partial charge on any atom is 0.306 e. The molecule has 23 heavy (non-hydrogen) atoms. The van der Waals surface area contributed by atoms with Gasteiger partial charge in [0.05, 0.1) is 12.0 Å². The molecule has 0 bridgehead atoms. The molecule has 3 rings (SSSR count). The summed E-state index contributed by atoms with van der Waals surface area (Å²) in [5, 5.41) is 9.03. The van der Waals surface area contributed by atoms with Gasteiger partial charge in [0.25, 0.3) is 5.91 Å². The zero-order valence-electron chi connectivity index (χ0n) is 13.2. The number of hydrogen-bond donors (Lipinski definition) is 1. The molecule has 1 aliphatic carbocycles. The highest BCUT2D eigenvalue weighted by Gasteiger charge is 2.27. The number of carboxylic acid groups (broad SMARTS) is 1. The smallest absolute Gasteiger partial charge is 0.306 e. The van der Waals surface area contributed by atoms with Gasteiger partial charge in [0, 0.05) is 18.7 Å². The van der Waals surface area contributed by atoms with Crippen LogP contribution >= 0.6 is 0 Å². The second-order valence-electron chi connectivity index (χ2n) is 6.46. The molecule has 5 nitrogen and oxygen atoms in total. The Morgan fingerprint density at radius 1 is 1.09 bits per heavy atom. The molecule has 1 aliphatic heterocycles. The number of ether oxygens (including phenoxy) is 1. The fourth-order valence-electron chi connectivity index (χ4n) is 3.41. The lowest BCUT2D eigenvalue weighted by Crippen LogP contribution is -2.40. The molecule has 1 saturated heterocycles. The van der Waals surface area contributed by atoms with Gasteiger partial charge < -0.3 is 14.7 Å². The van der Waals surface area contributed by atoms with Crippen molar-refractivity contribution in [1.82, 2.24) is 4.90 Å². The summed E-state index contributed by atoms with van der Waals surface area (Å²) in [6, 6.07) is 7.35. The molecule has 1 saturated carbocycles. The Morgan fingerprint density at radius 2 is 1.78 bits per heavy atom. The van der Waals surface area contributed by atoms with Gasteiger partial charge in [-0.05, 0) is 56.7 Å². The number of likely N-dealkylation sites (tertiary alicyclic amines) is 1. The average molecular weight is 317 g/mol. The molecule has 1 amide bonds. The number of benzene rings is 1. The summed E-state index contributed by atoms with van der Waals surface area (Å²) in [5.74, 6) is -0.367. The van der Waals surface area contributed by atoms with Crippen LogP contribution in [0.15, 0.2) is 24.3 Å². The fraction of sp³-hybridized carbons (Fsp3) is 0.556. The SMILES string of the molecule is O=C(O)C1CCN(C(=O)c2cccc(OC3CCCC3)c2)CC1. The van der Waals surface area contributed by atoms with E-state index in [-0.39, 0.29) is 17.9 Å². The number of hydrogen-bond acceptors (Lipinski definition) is 3. The van der Waals surface area contributed by atoms with E-state index in [2.05, 4.69) is 0 Å². The zero-order chi connectivity index (χ0) is 16.2. The predicted octanol–water partition coefficient (Wildman–Crippen LogP) is 2.94. The van der Waals surface area contributed by atoms with E-state index >= 15 is 0 Å². The first kappa shape index (κ1) is 15.8. The first-order valence-electron chi connectivity index (χ1n) is 8.42. The normalized spacial score (nSPS) is 19.7. The van der Waals surface area contributed by atoms with Gasteiger partial charge in [-0.3, -0.25) is 9.59 Å². The van der Waals surface area contributed by atoms with E-state index in [1.165, 1.54) is 12.8 Å². The van der Waals surface area contributed by atoms with Crippen LogP contribution < -0.4 is 4.74 Å². The molecule has 2 aliphatic rings. The number of amides is 1. The third-order valence-electron chi connectivity index (χ3n) is 4.82. The minimum atomic E-state index is -0.760. The molecule has 0 spiro atoms. The number of carboxylic acids is 1. The lowest BCUT2D eigenvalue weighted by molar-refractivity contribution is -0.143. The van der Waals surface area contributed by atoms with Gasteiger partial charge >= 0.3 is 5.97 Å². The van der Waals surface area contributed by atoms with Crippen molar-refractivity contribution in [2.75, 3.05) is 13.1 Å². The van der Waals surface area contributed by atoms with Crippen molar-refractivity contribution >= 4 is 11.9 Å². The molecule has 2 fully saturated rings. The molecular formula is C18H23NO4. The van der Waals surface area contributed by atoms with Gasteiger partial charge in [-0.15, -0.1) is 0 Å². The van der Waals surface area contributed by atoms with Crippen LogP contribution in [0, 0.1) is 5.92 Å². The fourth-order valence-corrected chi connectivity index (χ4v) is 3.41. The number of carbonyl (C=O) groups excluding carboxylic acids is 1. The predicted molar refractivity (Wildman–Crippen MR) is 85.6 cm³/mol. The highest BCUT2D eigenvalue weighted by Crippen LogP contribution is 2.25. The van der Waals surface area contributed by atoms with E-state index in [4.69, 9.17) is 9.84 Å². The Balaban J connectivity index is 1.62. The van der Waals surface area contributed by atoms with Gasteiger partial charge in [0.2, 0.25) is 0 Å². The molecule has 0 atom stereocenters. The second kappa shape index (κ2) is 7.02. The third kappa shape index (κ3) is 3.84. The number of piperidine rings is 1. The van der Waals surface area contributed by atoms with Gasteiger partial charge in [-0.1, -0.05) is 6.07 Å². The van der Waals surface area contributed by atoms with E-state index in [1.807, 2.05) is 18.2 Å². The molecule has 0 unspecified atom stereocenters. The van der Waals surface area contributed by atoms with Gasteiger partial charge in [-0.2, -0.15) is 0 Å². The van der Waals surface area contributed by atoms with Crippen LogP contribution in [0.1, 0.15) is 48.9 Å². The Bertz CT molecular complexity index is 572. The quantitative estimate of drug-likeness (QED) is 0.927. The third-order valence-corrected chi connectivity index (χ3v) is 4.82. The second-order valence-corrected chi connectivity index (χ2v) is 6.46. The summed E-state index contributed by atoms with van der Waals surface area (Å²) < 4.78 is 5.95. The number of aliphatic carboxylic acids is 1. The molecule has 124 valence electrons. The monoisotopic (exact) mass is 317 g/mol. The number of nitrogens with zero attached hydrogens (tertiary/aromatic N) is 1. The summed E-state index contributed by atoms with van der Waals surface area (Å²) in [6.07, 6.45) is 5.91. The molecule has 1 aromatic rings. The van der Waals surface area contributed by atoms with Crippen molar-refractivity contribution in [2.24, 2.45) is 5.92 Å². The van der Waals surface area contributed by atoms with Crippen LogP contribution in [-0.4, -0.2) is 41.1 Å². The summed E-state index contributed by atoms with van der Waals surface area (Å²) >= 11 is 0. The molecule has 0 radical (unpaired) electrons. The van der Waals surface area contributed by atoms with E-state index < -0.39 is 5.97 Å². The first-order valence-corrected chi connectivity index (χ1v) is 8.42. The van der Waals surface area contributed by atoms with Crippen molar-refractivity contribution in [2.45, 2.75) is 44.6 Å². The lowest BCUT2D eigenvalue weighted by Gasteiger charge is -2.30. The molecular weight excluding hydrogens is 294 g/mol. The first-order chi connectivity index (χ1) is 11.1. The van der Waals surface area contributed by atoms with Crippen LogP contribution in [0.25, 0.3) is 0 Å². The highest BCUT2D eigenvalue weighted by atomic mass is 16.5. The molecule has 5 heteroatoms. The Hall–Kier alpha value is -2.04. The zero-order valence-corrected chi connectivity index (χ0v) is 13.2. The van der Waals surface area contributed by atoms with Crippen molar-refractivity contribution < 1.29 is 19.4 Å². The standard InChI is InChI=1S/C18H23NO4/c20-17(19-10-8-13(9-11-19)18(21)22)14-4-3-7-16(12-14)23-15-5-1-2-6-15/h3-4,7,12-13,15H,1-2,5-6,8-11H2,(H,21,22). The number of rotatable bonds is 4. The van der Waals surface area contributed by atoms with E-state index in [1.54, 1.807) is 11.0 Å². The van der Waals surface area contributed by atoms with E-state index in [0.29, 0.717) is 31.5 Å². The summed E-state index contributed by atoms with van der Waals surface area (Å²) in [4.78, 5) is 25.3. The summed E-state index contributed by atoms with van der Waals surface area (Å²) in [5.41, 5.74) is 0.620. The minimum Gasteiger partial charge on any atom is -0.490 e. The molecule has 1 heterocycles. The van der Waals surface area contributed by atoms with Crippen LogP contribution in [0.3, 0.4) is 0 Å². The van der Waals surface area contributed by atoms with Crippen LogP contribution in [0.4, 0.5) is 0 Å². The largest absolute Gasteiger partial charge is 0.490 e. The average Bonchev–Trinajstić information content (AvgIpc) is 3.07. The van der Waals surface area contributed by atoms with Gasteiger partial charge in [-0.25, -0.2) is 0 Å². The van der Waals surface area contributed by atoms with Crippen LogP contribution in [-0.2, 0) is 4.79 Å². The topological polar surface area (TPSA) is 66.8 Å². The molecule has 1 N–H and O–H groups in total. The Kier molecular flexibility index (Phi) is 4.84. The van der Waals surface area contributed by atoms with Crippen LogP contribution in [0.5, 0.6) is 5.75 Å². The van der Waals surface area contributed by atoms with Crippen molar-refractivity contribution in [3.8, 4) is 5.75 Å². The maximum absolute atomic E-state index is 12.6. The van der Waals surface area contributed by atoms with Crippen molar-refractivity contribution in [1.29, 1.82) is 0 Å². The van der Waals surface area contributed by atoms with E-state index in [0.717, 1.165) is 18.6 Å². The van der Waals surface area contributed by atoms with Crippen molar-refractivity contribution in [3.05, 3.63) is 29.8 Å². The molecule has 1 aromatic carbocycles. The number of carbonyl (C=O) groups is 2. The molecule has 0 aromatic heterocycles. The maximum atomic E-state index is 12.6. The van der Waals surface area contributed by atoms with Crippen molar-refractivity contribution in [3.63, 3.8) is 0 Å². The van der Waals surface area contributed by atoms with Crippen LogP contribution in [0.2, 0.25) is 0 Å². The minimum absolute atomic E-state index is 0.0364. The van der Waals surface area contributed by atoms with Gasteiger partial charge in [0.1, 0.15) is 5.75 Å². The summed E-state index contributed by atoms with van der Waals surface area (Å²) in [7, 11) is 0. The van der Waals surface area contributed by atoms with Gasteiger partial charge in [0.15, 0.2) is 0 Å². The lowest BCUT2D eigenvalue weighted by atomic mass is 9.96. The Morgan fingerprint density at radius 3 is 2.43 bits per heavy atom. The summed E-state index contributed by atoms with van der Waals surface area (Å²) in [6.45, 7) is 1.01. The Labute approximate surface area is 136 Å².